The van der Waals surface area contributed by atoms with E-state index >= 15 is 0 Å². The van der Waals surface area contributed by atoms with E-state index in [-0.39, 0.29) is 0 Å². The largest absolute Gasteiger partial charge is 0.331 e. The van der Waals surface area contributed by atoms with Gasteiger partial charge in [0.1, 0.15) is 0 Å². The summed E-state index contributed by atoms with van der Waals surface area (Å²) < 4.78 is 2.88. The highest BCUT2D eigenvalue weighted by atomic mass is 35.5. The van der Waals surface area contributed by atoms with Crippen LogP contribution in [0.4, 0.5) is 0 Å². The monoisotopic (exact) mass is 281 g/mol. The molecule has 0 aliphatic carbocycles. The Morgan fingerprint density at radius 2 is 2.00 bits per heavy atom. The molecule has 2 heterocycles. The molecule has 2 aromatic rings. The molecule has 1 fully saturated rings. The van der Waals surface area contributed by atoms with Crippen molar-refractivity contribution in [3.8, 4) is 0 Å². The second-order valence-corrected chi connectivity index (χ2v) is 5.56. The van der Waals surface area contributed by atoms with E-state index in [4.69, 9.17) is 23.8 Å². The number of halogens is 1. The molecule has 0 unspecified atom stereocenters. The van der Waals surface area contributed by atoms with Gasteiger partial charge < -0.3 is 14.5 Å². The van der Waals surface area contributed by atoms with Crippen LogP contribution in [0.3, 0.4) is 0 Å². The van der Waals surface area contributed by atoms with Crippen LogP contribution in [0, 0.1) is 4.77 Å². The molecule has 0 amide bonds. The summed E-state index contributed by atoms with van der Waals surface area (Å²) >= 11 is 11.7. The van der Waals surface area contributed by atoms with E-state index < -0.39 is 0 Å². The fourth-order valence-electron chi connectivity index (χ4n) is 2.64. The molecule has 1 aromatic heterocycles. The first-order chi connectivity index (χ1) is 8.75. The summed E-state index contributed by atoms with van der Waals surface area (Å²) in [5, 5.41) is 0.765. The summed E-state index contributed by atoms with van der Waals surface area (Å²) in [6.45, 7) is 4.38. The van der Waals surface area contributed by atoms with Crippen LogP contribution in [0.5, 0.6) is 0 Å². The Morgan fingerprint density at radius 1 is 1.22 bits per heavy atom. The number of fused-ring (bicyclic) bond motifs is 1. The lowest BCUT2D eigenvalue weighted by molar-refractivity contribution is 0.323. The molecule has 3 nitrogen and oxygen atoms in total. The summed E-state index contributed by atoms with van der Waals surface area (Å²) in [5.74, 6) is 0. The number of benzene rings is 1. The molecule has 1 N–H and O–H groups in total. The molecule has 0 radical (unpaired) electrons. The minimum Gasteiger partial charge on any atom is -0.331 e. The maximum atomic E-state index is 6.27. The van der Waals surface area contributed by atoms with Crippen LogP contribution in [-0.2, 0) is 6.54 Å². The number of aromatic amines is 1. The number of rotatable bonds is 3. The number of nitrogens with one attached hydrogen (secondary N) is 1. The lowest BCUT2D eigenvalue weighted by atomic mass is 10.3. The Hall–Kier alpha value is -0.840. The first-order valence-electron chi connectivity index (χ1n) is 6.35. The van der Waals surface area contributed by atoms with Gasteiger partial charge in [0.2, 0.25) is 0 Å². The predicted octanol–water partition coefficient (Wildman–Crippen LogP) is 3.45. The van der Waals surface area contributed by atoms with Crippen LogP contribution < -0.4 is 0 Å². The van der Waals surface area contributed by atoms with Crippen molar-refractivity contribution in [2.24, 2.45) is 0 Å². The molecule has 1 aliphatic rings. The van der Waals surface area contributed by atoms with E-state index in [2.05, 4.69) is 14.5 Å². The van der Waals surface area contributed by atoms with Gasteiger partial charge in [0, 0.05) is 13.1 Å². The number of likely N-dealkylation sites (tertiary alicyclic amines) is 1. The van der Waals surface area contributed by atoms with E-state index in [1.54, 1.807) is 0 Å². The quantitative estimate of drug-likeness (QED) is 0.872. The third-order valence-corrected chi connectivity index (χ3v) is 4.21. The SMILES string of the molecule is S=c1[nH]c2cccc(Cl)c2n1CCN1CCCC1. The van der Waals surface area contributed by atoms with E-state index in [1.807, 2.05) is 18.2 Å². The Bertz CT molecular complexity index is 610. The molecule has 1 saturated heterocycles. The maximum Gasteiger partial charge on any atom is 0.178 e. The second kappa shape index (κ2) is 5.03. The number of imidazole rings is 1. The van der Waals surface area contributed by atoms with Crippen molar-refractivity contribution in [2.45, 2.75) is 19.4 Å². The summed E-state index contributed by atoms with van der Waals surface area (Å²) in [6, 6.07) is 5.88. The number of para-hydroxylation sites is 1. The molecule has 1 aromatic carbocycles. The Balaban J connectivity index is 1.90. The molecule has 18 heavy (non-hydrogen) atoms. The number of hydrogen-bond acceptors (Lipinski definition) is 2. The third-order valence-electron chi connectivity index (χ3n) is 3.58. The normalized spacial score (nSPS) is 16.7. The van der Waals surface area contributed by atoms with Gasteiger partial charge in [0.25, 0.3) is 0 Å². The van der Waals surface area contributed by atoms with E-state index in [0.29, 0.717) is 0 Å². The number of nitrogens with zero attached hydrogens (tertiary/aromatic N) is 2. The van der Waals surface area contributed by atoms with Gasteiger partial charge in [-0.25, -0.2) is 0 Å². The Morgan fingerprint density at radius 3 is 2.78 bits per heavy atom. The van der Waals surface area contributed by atoms with Crippen LogP contribution in [-0.4, -0.2) is 34.1 Å². The minimum atomic E-state index is 0.761. The zero-order valence-electron chi connectivity index (χ0n) is 10.2. The predicted molar refractivity (Wildman–Crippen MR) is 77.8 cm³/mol. The zero-order valence-corrected chi connectivity index (χ0v) is 11.7. The summed E-state index contributed by atoms with van der Waals surface area (Å²) in [7, 11) is 0. The fourth-order valence-corrected chi connectivity index (χ4v) is 3.20. The van der Waals surface area contributed by atoms with Gasteiger partial charge in [0.15, 0.2) is 4.77 Å². The first kappa shape index (κ1) is 12.2. The average molecular weight is 282 g/mol. The molecule has 0 saturated carbocycles. The third kappa shape index (κ3) is 2.20. The number of hydrogen-bond donors (Lipinski definition) is 1. The standard InChI is InChI=1S/C13H16ClN3S/c14-10-4-3-5-11-12(10)17(13(18)15-11)9-8-16-6-1-2-7-16/h3-5H,1-2,6-9H2,(H,15,18). The lowest BCUT2D eigenvalue weighted by Gasteiger charge is -2.15. The van der Waals surface area contributed by atoms with Gasteiger partial charge >= 0.3 is 0 Å². The van der Waals surface area contributed by atoms with Crippen LogP contribution >= 0.6 is 23.8 Å². The molecular weight excluding hydrogens is 266 g/mol. The van der Waals surface area contributed by atoms with Gasteiger partial charge in [0.05, 0.1) is 16.1 Å². The first-order valence-corrected chi connectivity index (χ1v) is 7.14. The number of aromatic nitrogens is 2. The maximum absolute atomic E-state index is 6.27. The number of H-pyrrole nitrogens is 1. The van der Waals surface area contributed by atoms with Crippen molar-refractivity contribution in [3.63, 3.8) is 0 Å². The molecule has 3 rings (SSSR count). The van der Waals surface area contributed by atoms with Crippen molar-refractivity contribution < 1.29 is 0 Å². The fraction of sp³-hybridized carbons (Fsp3) is 0.462. The van der Waals surface area contributed by atoms with Crippen LogP contribution in [0.25, 0.3) is 11.0 Å². The average Bonchev–Trinajstić information content (AvgIpc) is 2.94. The van der Waals surface area contributed by atoms with Crippen molar-refractivity contribution >= 4 is 34.9 Å². The van der Waals surface area contributed by atoms with E-state index in [9.17, 15) is 0 Å². The van der Waals surface area contributed by atoms with Gasteiger partial charge in [-0.15, -0.1) is 0 Å². The van der Waals surface area contributed by atoms with Crippen molar-refractivity contribution in [1.29, 1.82) is 0 Å². The van der Waals surface area contributed by atoms with Gasteiger partial charge in [-0.3, -0.25) is 0 Å². The Kier molecular flexibility index (Phi) is 3.41. The molecule has 0 bridgehead atoms. The second-order valence-electron chi connectivity index (χ2n) is 4.77. The van der Waals surface area contributed by atoms with Crippen molar-refractivity contribution in [2.75, 3.05) is 19.6 Å². The summed E-state index contributed by atoms with van der Waals surface area (Å²) in [6.07, 6.45) is 2.64. The summed E-state index contributed by atoms with van der Waals surface area (Å²) in [5.41, 5.74) is 2.05. The highest BCUT2D eigenvalue weighted by Crippen LogP contribution is 2.23. The molecule has 0 atom stereocenters. The highest BCUT2D eigenvalue weighted by Gasteiger charge is 2.13. The van der Waals surface area contributed by atoms with Crippen LogP contribution in [0.2, 0.25) is 5.02 Å². The molecular formula is C13H16ClN3S. The highest BCUT2D eigenvalue weighted by molar-refractivity contribution is 7.71. The topological polar surface area (TPSA) is 24.0 Å². The minimum absolute atomic E-state index is 0.761. The molecule has 0 spiro atoms. The lowest BCUT2D eigenvalue weighted by Crippen LogP contribution is -2.24. The van der Waals surface area contributed by atoms with E-state index in [0.717, 1.165) is 33.9 Å². The van der Waals surface area contributed by atoms with Gasteiger partial charge in [-0.2, -0.15) is 0 Å². The van der Waals surface area contributed by atoms with Crippen molar-refractivity contribution in [1.82, 2.24) is 14.5 Å². The molecule has 1 aliphatic heterocycles. The Labute approximate surface area is 116 Å². The van der Waals surface area contributed by atoms with Crippen LogP contribution in [0.1, 0.15) is 12.8 Å². The van der Waals surface area contributed by atoms with Crippen molar-refractivity contribution in [3.05, 3.63) is 28.0 Å². The van der Waals surface area contributed by atoms with Gasteiger partial charge in [-0.1, -0.05) is 17.7 Å². The molecule has 5 heteroatoms. The molecule has 96 valence electrons. The van der Waals surface area contributed by atoms with Crippen LogP contribution in [0.15, 0.2) is 18.2 Å². The van der Waals surface area contributed by atoms with Gasteiger partial charge in [-0.05, 0) is 50.3 Å². The summed E-state index contributed by atoms with van der Waals surface area (Å²) in [4.78, 5) is 5.70. The van der Waals surface area contributed by atoms with E-state index in [1.165, 1.54) is 25.9 Å². The zero-order chi connectivity index (χ0) is 12.5. The smallest absolute Gasteiger partial charge is 0.178 e.